The van der Waals surface area contributed by atoms with E-state index in [1.54, 1.807) is 18.5 Å². The van der Waals surface area contributed by atoms with Crippen LogP contribution in [0.3, 0.4) is 0 Å². The number of amides is 1. The molecule has 0 atom stereocenters. The summed E-state index contributed by atoms with van der Waals surface area (Å²) < 4.78 is 5.10. The fourth-order valence-corrected chi connectivity index (χ4v) is 1.41. The molecule has 0 unspecified atom stereocenters. The third-order valence-corrected chi connectivity index (χ3v) is 2.28. The van der Waals surface area contributed by atoms with Crippen LogP contribution in [0.1, 0.15) is 5.56 Å². The summed E-state index contributed by atoms with van der Waals surface area (Å²) in [6.07, 6.45) is 8.41. The molecule has 2 N–H and O–H groups in total. The van der Waals surface area contributed by atoms with Crippen molar-refractivity contribution >= 4 is 6.09 Å². The Bertz CT molecular complexity index is 490. The van der Waals surface area contributed by atoms with Gasteiger partial charge in [-0.1, -0.05) is 36.4 Å². The molecule has 1 aliphatic heterocycles. The zero-order chi connectivity index (χ0) is 12.6. The second-order valence-electron chi connectivity index (χ2n) is 3.67. The molecule has 1 heterocycles. The highest BCUT2D eigenvalue weighted by Gasteiger charge is 2.04. The third-order valence-electron chi connectivity index (χ3n) is 2.28. The number of benzene rings is 1. The van der Waals surface area contributed by atoms with E-state index in [0.717, 1.165) is 5.56 Å². The molecule has 0 spiro atoms. The zero-order valence-corrected chi connectivity index (χ0v) is 9.80. The highest BCUT2D eigenvalue weighted by molar-refractivity contribution is 5.70. The number of alkyl carbamates (subject to hydrolysis) is 1. The largest absolute Gasteiger partial charge is 0.444 e. The van der Waals surface area contributed by atoms with Gasteiger partial charge in [0.15, 0.2) is 0 Å². The van der Waals surface area contributed by atoms with Crippen LogP contribution in [0.2, 0.25) is 0 Å². The lowest BCUT2D eigenvalue weighted by molar-refractivity contribution is 0.143. The Kier molecular flexibility index (Phi) is 4.19. The van der Waals surface area contributed by atoms with Crippen molar-refractivity contribution < 1.29 is 9.53 Å². The van der Waals surface area contributed by atoms with Gasteiger partial charge in [0.05, 0.1) is 5.70 Å². The van der Waals surface area contributed by atoms with Gasteiger partial charge in [-0.2, -0.15) is 0 Å². The molecule has 4 heteroatoms. The van der Waals surface area contributed by atoms with Crippen LogP contribution in [0.25, 0.3) is 0 Å². The van der Waals surface area contributed by atoms with Crippen LogP contribution >= 0.6 is 0 Å². The van der Waals surface area contributed by atoms with E-state index in [4.69, 9.17) is 4.74 Å². The lowest BCUT2D eigenvalue weighted by Crippen LogP contribution is -2.23. The summed E-state index contributed by atoms with van der Waals surface area (Å²) in [5, 5.41) is 5.54. The van der Waals surface area contributed by atoms with Crippen LogP contribution in [-0.2, 0) is 11.3 Å². The average Bonchev–Trinajstić information content (AvgIpc) is 2.66. The van der Waals surface area contributed by atoms with E-state index >= 15 is 0 Å². The number of carbonyl (C=O) groups is 1. The second kappa shape index (κ2) is 6.30. The van der Waals surface area contributed by atoms with E-state index in [1.165, 1.54) is 0 Å². The predicted molar refractivity (Wildman–Crippen MR) is 69.3 cm³/mol. The standard InChI is InChI=1S/C14H14N2O2/c17-14(16-13-8-4-5-9-15-10-13)18-11-12-6-2-1-3-7-12/h1-10,15H,11H2,(H,16,17). The Morgan fingerprint density at radius 2 is 2.06 bits per heavy atom. The summed E-state index contributed by atoms with van der Waals surface area (Å²) in [6.45, 7) is 0.259. The molecule has 2 rings (SSSR count). The normalized spacial score (nSPS) is 13.2. The molecule has 1 amide bonds. The highest BCUT2D eigenvalue weighted by atomic mass is 16.5. The van der Waals surface area contributed by atoms with Crippen molar-refractivity contribution in [1.82, 2.24) is 10.6 Å². The number of hydrogen-bond acceptors (Lipinski definition) is 3. The first-order valence-electron chi connectivity index (χ1n) is 5.62. The number of allylic oxidation sites excluding steroid dienone is 3. The van der Waals surface area contributed by atoms with Crippen LogP contribution in [0.4, 0.5) is 4.79 Å². The van der Waals surface area contributed by atoms with Crippen LogP contribution in [-0.4, -0.2) is 6.09 Å². The topological polar surface area (TPSA) is 50.4 Å². The molecule has 4 nitrogen and oxygen atoms in total. The summed E-state index contributed by atoms with van der Waals surface area (Å²) >= 11 is 0. The van der Waals surface area contributed by atoms with Crippen LogP contribution in [0.5, 0.6) is 0 Å². The van der Waals surface area contributed by atoms with Gasteiger partial charge in [-0.15, -0.1) is 0 Å². The Labute approximate surface area is 106 Å². The fraction of sp³-hybridized carbons (Fsp3) is 0.0714. The number of rotatable bonds is 3. The first-order valence-corrected chi connectivity index (χ1v) is 5.62. The molecule has 0 aromatic heterocycles. The minimum absolute atomic E-state index is 0.259. The van der Waals surface area contributed by atoms with Crippen molar-refractivity contribution in [3.05, 3.63) is 72.2 Å². The molecule has 92 valence electrons. The Balaban J connectivity index is 1.81. The number of carbonyl (C=O) groups excluding carboxylic acids is 1. The van der Waals surface area contributed by atoms with Crippen molar-refractivity contribution in [1.29, 1.82) is 0 Å². The molecule has 0 bridgehead atoms. The average molecular weight is 242 g/mol. The summed E-state index contributed by atoms with van der Waals surface area (Å²) in [7, 11) is 0. The van der Waals surface area contributed by atoms with Crippen LogP contribution in [0, 0.1) is 0 Å². The molecule has 0 aliphatic carbocycles. The lowest BCUT2D eigenvalue weighted by Gasteiger charge is -2.07. The van der Waals surface area contributed by atoms with Gasteiger partial charge in [-0.3, -0.25) is 5.32 Å². The smallest absolute Gasteiger partial charge is 0.412 e. The van der Waals surface area contributed by atoms with E-state index in [-0.39, 0.29) is 6.61 Å². The minimum Gasteiger partial charge on any atom is -0.444 e. The number of nitrogens with one attached hydrogen (secondary N) is 2. The maximum Gasteiger partial charge on any atom is 0.412 e. The fourth-order valence-electron chi connectivity index (χ4n) is 1.41. The molecule has 1 aromatic rings. The molecule has 0 saturated carbocycles. The van der Waals surface area contributed by atoms with E-state index in [2.05, 4.69) is 10.6 Å². The molecular weight excluding hydrogens is 228 g/mol. The van der Waals surface area contributed by atoms with Crippen LogP contribution in [0.15, 0.2) is 66.7 Å². The summed E-state index contributed by atoms with van der Waals surface area (Å²) in [5.41, 5.74) is 1.61. The van der Waals surface area contributed by atoms with Crippen molar-refractivity contribution in [3.63, 3.8) is 0 Å². The number of ether oxygens (including phenoxy) is 1. The van der Waals surface area contributed by atoms with Gasteiger partial charge in [-0.05, 0) is 17.7 Å². The highest BCUT2D eigenvalue weighted by Crippen LogP contribution is 2.01. The Hall–Kier alpha value is -2.49. The number of hydrogen-bond donors (Lipinski definition) is 2. The molecule has 18 heavy (non-hydrogen) atoms. The molecule has 0 saturated heterocycles. The van der Waals surface area contributed by atoms with Crippen molar-refractivity contribution in [3.8, 4) is 0 Å². The molecular formula is C14H14N2O2. The Morgan fingerprint density at radius 3 is 2.89 bits per heavy atom. The van der Waals surface area contributed by atoms with E-state index in [9.17, 15) is 4.79 Å². The quantitative estimate of drug-likeness (QED) is 0.855. The summed E-state index contributed by atoms with van der Waals surface area (Å²) in [6, 6.07) is 9.54. The molecule has 0 radical (unpaired) electrons. The van der Waals surface area contributed by atoms with E-state index < -0.39 is 6.09 Å². The molecule has 0 fully saturated rings. The summed E-state index contributed by atoms with van der Waals surface area (Å²) in [4.78, 5) is 11.5. The van der Waals surface area contributed by atoms with Gasteiger partial charge < -0.3 is 10.1 Å². The predicted octanol–water partition coefficient (Wildman–Crippen LogP) is 2.43. The van der Waals surface area contributed by atoms with Crippen molar-refractivity contribution in [2.75, 3.05) is 0 Å². The minimum atomic E-state index is -0.474. The monoisotopic (exact) mass is 242 g/mol. The third kappa shape index (κ3) is 3.83. The lowest BCUT2D eigenvalue weighted by atomic mass is 10.2. The Morgan fingerprint density at radius 1 is 1.22 bits per heavy atom. The first kappa shape index (κ1) is 12.0. The van der Waals surface area contributed by atoms with Gasteiger partial charge in [0.1, 0.15) is 6.61 Å². The van der Waals surface area contributed by atoms with Gasteiger partial charge in [0.2, 0.25) is 0 Å². The van der Waals surface area contributed by atoms with Crippen molar-refractivity contribution in [2.24, 2.45) is 0 Å². The van der Waals surface area contributed by atoms with E-state index in [0.29, 0.717) is 5.70 Å². The summed E-state index contributed by atoms with van der Waals surface area (Å²) in [5.74, 6) is 0. The maximum atomic E-state index is 11.5. The molecule has 1 aromatic carbocycles. The van der Waals surface area contributed by atoms with Crippen LogP contribution < -0.4 is 10.6 Å². The van der Waals surface area contributed by atoms with E-state index in [1.807, 2.05) is 42.5 Å². The van der Waals surface area contributed by atoms with Gasteiger partial charge >= 0.3 is 6.09 Å². The SMILES string of the molecule is O=C(NC1=CNC=CC=C1)OCc1ccccc1. The zero-order valence-electron chi connectivity index (χ0n) is 9.80. The second-order valence-corrected chi connectivity index (χ2v) is 3.67. The van der Waals surface area contributed by atoms with Gasteiger partial charge in [0, 0.05) is 12.4 Å². The molecule has 1 aliphatic rings. The van der Waals surface area contributed by atoms with Gasteiger partial charge in [0.25, 0.3) is 0 Å². The van der Waals surface area contributed by atoms with Gasteiger partial charge in [-0.25, -0.2) is 4.79 Å². The first-order chi connectivity index (χ1) is 8.84. The maximum absolute atomic E-state index is 11.5. The van der Waals surface area contributed by atoms with Crippen molar-refractivity contribution in [2.45, 2.75) is 6.61 Å².